The highest BCUT2D eigenvalue weighted by Crippen LogP contribution is 2.22. The maximum absolute atomic E-state index is 12.3. The van der Waals surface area contributed by atoms with Crippen LogP contribution in [0.1, 0.15) is 20.3 Å². The fourth-order valence-corrected chi connectivity index (χ4v) is 2.54. The summed E-state index contributed by atoms with van der Waals surface area (Å²) in [6.45, 7) is 6.88. The van der Waals surface area contributed by atoms with Crippen LogP contribution in [0.5, 0.6) is 0 Å². The number of hydrogen-bond acceptors (Lipinski definition) is 3. The number of nitrogens with zero attached hydrogens (tertiary/aromatic N) is 1. The van der Waals surface area contributed by atoms with Crippen LogP contribution in [0.2, 0.25) is 0 Å². The molecule has 1 aliphatic heterocycles. The van der Waals surface area contributed by atoms with Crippen LogP contribution in [-0.4, -0.2) is 50.3 Å². The summed E-state index contributed by atoms with van der Waals surface area (Å²) in [5, 5.41) is 3.36. The Hall–Kier alpha value is -0.330. The van der Waals surface area contributed by atoms with Gasteiger partial charge in [-0.25, -0.2) is 0 Å². The molecule has 0 radical (unpaired) electrons. The molecule has 1 aliphatic rings. The van der Waals surface area contributed by atoms with Gasteiger partial charge in [-0.05, 0) is 50.4 Å². The second kappa shape index (κ2) is 7.45. The van der Waals surface area contributed by atoms with Gasteiger partial charge in [-0.3, -0.25) is 4.90 Å². The maximum atomic E-state index is 12.3. The van der Waals surface area contributed by atoms with Crippen molar-refractivity contribution in [2.75, 3.05) is 39.3 Å². The molecule has 3 N–H and O–H groups in total. The van der Waals surface area contributed by atoms with Crippen LogP contribution >= 0.6 is 0 Å². The van der Waals surface area contributed by atoms with Gasteiger partial charge in [-0.15, -0.1) is 0 Å². The van der Waals surface area contributed by atoms with Gasteiger partial charge in [0.1, 0.15) is 0 Å². The molecule has 0 bridgehead atoms. The van der Waals surface area contributed by atoms with Gasteiger partial charge < -0.3 is 11.1 Å². The molecular formula is C13H26F3N3. The number of alkyl halides is 3. The third-order valence-corrected chi connectivity index (χ3v) is 3.86. The minimum Gasteiger partial charge on any atom is -0.330 e. The molecule has 0 aliphatic carbocycles. The van der Waals surface area contributed by atoms with Crippen LogP contribution in [0.15, 0.2) is 0 Å². The van der Waals surface area contributed by atoms with Crippen molar-refractivity contribution in [3.05, 3.63) is 0 Å². The Balaban J connectivity index is 2.18. The first-order chi connectivity index (χ1) is 8.81. The Morgan fingerprint density at radius 2 is 2.05 bits per heavy atom. The zero-order valence-corrected chi connectivity index (χ0v) is 11.8. The summed E-state index contributed by atoms with van der Waals surface area (Å²) in [6.07, 6.45) is -3.23. The fraction of sp³-hybridized carbons (Fsp3) is 1.00. The molecule has 0 amide bonds. The smallest absolute Gasteiger partial charge is 0.330 e. The molecule has 0 saturated carbocycles. The first-order valence-electron chi connectivity index (χ1n) is 7.01. The molecule has 2 unspecified atom stereocenters. The van der Waals surface area contributed by atoms with Gasteiger partial charge in [0.25, 0.3) is 0 Å². The van der Waals surface area contributed by atoms with Gasteiger partial charge >= 0.3 is 6.18 Å². The lowest BCUT2D eigenvalue weighted by Crippen LogP contribution is -2.36. The summed E-state index contributed by atoms with van der Waals surface area (Å²) in [5.74, 6) is 1.29. The average Bonchev–Trinajstić information content (AvgIpc) is 2.69. The van der Waals surface area contributed by atoms with E-state index in [4.69, 9.17) is 5.73 Å². The second-order valence-corrected chi connectivity index (χ2v) is 5.90. The first kappa shape index (κ1) is 16.7. The number of nitrogens with one attached hydrogen (secondary N) is 1. The lowest BCUT2D eigenvalue weighted by atomic mass is 9.96. The van der Waals surface area contributed by atoms with E-state index >= 15 is 0 Å². The number of rotatable bonds is 7. The first-order valence-corrected chi connectivity index (χ1v) is 7.01. The minimum atomic E-state index is -4.08. The Kier molecular flexibility index (Phi) is 6.56. The highest BCUT2D eigenvalue weighted by molar-refractivity contribution is 4.79. The molecule has 1 fully saturated rings. The van der Waals surface area contributed by atoms with E-state index in [2.05, 4.69) is 19.2 Å². The lowest BCUT2D eigenvalue weighted by molar-refractivity contribution is -0.143. The van der Waals surface area contributed by atoms with Crippen molar-refractivity contribution in [1.82, 2.24) is 10.2 Å². The predicted molar refractivity (Wildman–Crippen MR) is 70.9 cm³/mol. The van der Waals surface area contributed by atoms with Gasteiger partial charge in [-0.2, -0.15) is 13.2 Å². The quantitative estimate of drug-likeness (QED) is 0.746. The Morgan fingerprint density at radius 1 is 1.37 bits per heavy atom. The standard InChI is InChI=1S/C13H26F3N3/c1-10(2)12(5-17)7-18-6-11-3-4-19(8-11)9-13(14,15)16/h10-12,18H,3-9,17H2,1-2H3. The molecule has 1 rings (SSSR count). The molecule has 1 saturated heterocycles. The van der Waals surface area contributed by atoms with E-state index in [0.29, 0.717) is 37.4 Å². The van der Waals surface area contributed by atoms with Crippen molar-refractivity contribution in [3.8, 4) is 0 Å². The van der Waals surface area contributed by atoms with E-state index in [0.717, 1.165) is 19.5 Å². The topological polar surface area (TPSA) is 41.3 Å². The highest BCUT2D eigenvalue weighted by atomic mass is 19.4. The normalized spacial score (nSPS) is 23.2. The van der Waals surface area contributed by atoms with Crippen molar-refractivity contribution in [3.63, 3.8) is 0 Å². The SMILES string of the molecule is CC(C)C(CN)CNCC1CCN(CC(F)(F)F)C1. The summed E-state index contributed by atoms with van der Waals surface area (Å²) in [6, 6.07) is 0. The summed E-state index contributed by atoms with van der Waals surface area (Å²) in [7, 11) is 0. The third-order valence-electron chi connectivity index (χ3n) is 3.86. The van der Waals surface area contributed by atoms with Crippen LogP contribution in [0.3, 0.4) is 0 Å². The minimum absolute atomic E-state index is 0.327. The predicted octanol–water partition coefficient (Wildman–Crippen LogP) is 1.69. The largest absolute Gasteiger partial charge is 0.401 e. The molecule has 0 aromatic rings. The monoisotopic (exact) mass is 281 g/mol. The van der Waals surface area contributed by atoms with Crippen molar-refractivity contribution in [2.24, 2.45) is 23.5 Å². The number of nitrogens with two attached hydrogens (primary N) is 1. The zero-order chi connectivity index (χ0) is 14.5. The molecule has 19 heavy (non-hydrogen) atoms. The second-order valence-electron chi connectivity index (χ2n) is 5.90. The van der Waals surface area contributed by atoms with Crippen molar-refractivity contribution < 1.29 is 13.2 Å². The highest BCUT2D eigenvalue weighted by Gasteiger charge is 2.34. The molecule has 0 aromatic carbocycles. The molecule has 114 valence electrons. The summed E-state index contributed by atoms with van der Waals surface area (Å²) in [5.41, 5.74) is 5.69. The molecule has 2 atom stereocenters. The molecule has 0 aromatic heterocycles. The number of likely N-dealkylation sites (tertiary alicyclic amines) is 1. The van der Waals surface area contributed by atoms with E-state index in [-0.39, 0.29) is 0 Å². The molecular weight excluding hydrogens is 255 g/mol. The molecule has 3 nitrogen and oxygen atoms in total. The summed E-state index contributed by atoms with van der Waals surface area (Å²) >= 11 is 0. The van der Waals surface area contributed by atoms with E-state index < -0.39 is 12.7 Å². The van der Waals surface area contributed by atoms with Crippen molar-refractivity contribution >= 4 is 0 Å². The van der Waals surface area contributed by atoms with Gasteiger partial charge in [0, 0.05) is 6.54 Å². The van der Waals surface area contributed by atoms with Gasteiger partial charge in [0.05, 0.1) is 6.54 Å². The van der Waals surface area contributed by atoms with E-state index in [1.165, 1.54) is 4.90 Å². The summed E-state index contributed by atoms with van der Waals surface area (Å²) < 4.78 is 36.8. The maximum Gasteiger partial charge on any atom is 0.401 e. The number of hydrogen-bond donors (Lipinski definition) is 2. The summed E-state index contributed by atoms with van der Waals surface area (Å²) in [4.78, 5) is 1.50. The Morgan fingerprint density at radius 3 is 2.58 bits per heavy atom. The van der Waals surface area contributed by atoms with Crippen molar-refractivity contribution in [2.45, 2.75) is 26.4 Å². The van der Waals surface area contributed by atoms with Crippen LogP contribution in [-0.2, 0) is 0 Å². The fourth-order valence-electron chi connectivity index (χ4n) is 2.54. The Bertz CT molecular complexity index is 256. The van der Waals surface area contributed by atoms with Gasteiger partial charge in [-0.1, -0.05) is 13.8 Å². The molecule has 0 spiro atoms. The third kappa shape index (κ3) is 6.58. The van der Waals surface area contributed by atoms with E-state index in [1.807, 2.05) is 0 Å². The van der Waals surface area contributed by atoms with Gasteiger partial charge in [0.2, 0.25) is 0 Å². The van der Waals surface area contributed by atoms with E-state index in [1.54, 1.807) is 0 Å². The average molecular weight is 281 g/mol. The van der Waals surface area contributed by atoms with E-state index in [9.17, 15) is 13.2 Å². The molecule has 1 heterocycles. The Labute approximate surface area is 113 Å². The van der Waals surface area contributed by atoms with Crippen molar-refractivity contribution in [1.29, 1.82) is 0 Å². The van der Waals surface area contributed by atoms with Crippen LogP contribution in [0, 0.1) is 17.8 Å². The lowest BCUT2D eigenvalue weighted by Gasteiger charge is -2.21. The van der Waals surface area contributed by atoms with Crippen LogP contribution < -0.4 is 11.1 Å². The number of halogens is 3. The zero-order valence-electron chi connectivity index (χ0n) is 11.8. The molecule has 6 heteroatoms. The van der Waals surface area contributed by atoms with Gasteiger partial charge in [0.15, 0.2) is 0 Å². The van der Waals surface area contributed by atoms with Crippen LogP contribution in [0.4, 0.5) is 13.2 Å². The van der Waals surface area contributed by atoms with Crippen LogP contribution in [0.25, 0.3) is 0 Å².